The van der Waals surface area contributed by atoms with Crippen LogP contribution in [0.2, 0.25) is 5.02 Å². The van der Waals surface area contributed by atoms with E-state index in [0.717, 1.165) is 0 Å². The lowest BCUT2D eigenvalue weighted by Crippen LogP contribution is -2.18. The van der Waals surface area contributed by atoms with Crippen LogP contribution in [-0.4, -0.2) is 20.1 Å². The fourth-order valence-corrected chi connectivity index (χ4v) is 3.22. The molecule has 0 saturated heterocycles. The van der Waals surface area contributed by atoms with Gasteiger partial charge in [0.25, 0.3) is 0 Å². The van der Waals surface area contributed by atoms with Gasteiger partial charge in [-0.05, 0) is 24.3 Å². The largest absolute Gasteiger partial charge is 0.324 e. The summed E-state index contributed by atoms with van der Waals surface area (Å²) in [5, 5.41) is 2.20. The van der Waals surface area contributed by atoms with E-state index >= 15 is 0 Å². The standard InChI is InChI=1S/C15H13ClFNO3S/c16-12-7-4-8-13(15(12)17)18-14(19)9-10-22(20,21)11-5-2-1-3-6-11/h1-8H,9-10H2,(H,18,19). The van der Waals surface area contributed by atoms with Crippen LogP contribution in [0, 0.1) is 5.82 Å². The zero-order valence-corrected chi connectivity index (χ0v) is 13.0. The number of rotatable bonds is 5. The number of hydrogen-bond acceptors (Lipinski definition) is 3. The molecule has 0 aliphatic heterocycles. The molecule has 0 bridgehead atoms. The van der Waals surface area contributed by atoms with Crippen molar-refractivity contribution < 1.29 is 17.6 Å². The van der Waals surface area contributed by atoms with Crippen molar-refractivity contribution in [2.45, 2.75) is 11.3 Å². The van der Waals surface area contributed by atoms with E-state index in [9.17, 15) is 17.6 Å². The predicted molar refractivity (Wildman–Crippen MR) is 83.2 cm³/mol. The van der Waals surface area contributed by atoms with Crippen molar-refractivity contribution >= 4 is 33.0 Å². The van der Waals surface area contributed by atoms with Gasteiger partial charge in [-0.25, -0.2) is 12.8 Å². The molecule has 0 radical (unpaired) electrons. The summed E-state index contributed by atoms with van der Waals surface area (Å²) in [6.45, 7) is 0. The molecule has 0 atom stereocenters. The third-order valence-corrected chi connectivity index (χ3v) is 4.95. The van der Waals surface area contributed by atoms with Gasteiger partial charge in [-0.2, -0.15) is 0 Å². The molecule has 0 saturated carbocycles. The monoisotopic (exact) mass is 341 g/mol. The van der Waals surface area contributed by atoms with Gasteiger partial charge < -0.3 is 5.32 Å². The van der Waals surface area contributed by atoms with Crippen LogP contribution in [0.25, 0.3) is 0 Å². The van der Waals surface area contributed by atoms with Crippen LogP contribution >= 0.6 is 11.6 Å². The van der Waals surface area contributed by atoms with Crippen molar-refractivity contribution in [3.05, 3.63) is 59.4 Å². The van der Waals surface area contributed by atoms with Crippen LogP contribution in [0.5, 0.6) is 0 Å². The van der Waals surface area contributed by atoms with E-state index in [4.69, 9.17) is 11.6 Å². The molecule has 2 aromatic rings. The predicted octanol–water partition coefficient (Wildman–Crippen LogP) is 3.28. The van der Waals surface area contributed by atoms with Gasteiger partial charge in [0.1, 0.15) is 0 Å². The Labute approximate surface area is 132 Å². The van der Waals surface area contributed by atoms with Crippen molar-refractivity contribution in [2.75, 3.05) is 11.1 Å². The van der Waals surface area contributed by atoms with E-state index in [0.29, 0.717) is 0 Å². The van der Waals surface area contributed by atoms with Gasteiger partial charge >= 0.3 is 0 Å². The first kappa shape index (κ1) is 16.5. The molecule has 0 spiro atoms. The third-order valence-electron chi connectivity index (χ3n) is 2.93. The lowest BCUT2D eigenvalue weighted by Gasteiger charge is -2.08. The fraction of sp³-hybridized carbons (Fsp3) is 0.133. The van der Waals surface area contributed by atoms with E-state index in [1.807, 2.05) is 0 Å². The zero-order chi connectivity index (χ0) is 16.2. The number of carbonyl (C=O) groups is 1. The Morgan fingerprint density at radius 1 is 1.09 bits per heavy atom. The minimum absolute atomic E-state index is 0.0744. The van der Waals surface area contributed by atoms with Gasteiger partial charge in [0, 0.05) is 6.42 Å². The van der Waals surface area contributed by atoms with E-state index in [-0.39, 0.29) is 27.8 Å². The smallest absolute Gasteiger partial charge is 0.225 e. The fourth-order valence-electron chi connectivity index (χ4n) is 1.79. The Morgan fingerprint density at radius 3 is 2.45 bits per heavy atom. The maximum atomic E-state index is 13.6. The summed E-state index contributed by atoms with van der Waals surface area (Å²) in [6, 6.07) is 12.0. The minimum atomic E-state index is -3.55. The van der Waals surface area contributed by atoms with Crippen LogP contribution in [0.1, 0.15) is 6.42 Å². The molecule has 2 aromatic carbocycles. The van der Waals surface area contributed by atoms with E-state index in [1.54, 1.807) is 18.2 Å². The average Bonchev–Trinajstić information content (AvgIpc) is 2.51. The molecule has 0 aliphatic rings. The van der Waals surface area contributed by atoms with Crippen LogP contribution in [-0.2, 0) is 14.6 Å². The van der Waals surface area contributed by atoms with Crippen LogP contribution in [0.3, 0.4) is 0 Å². The van der Waals surface area contributed by atoms with Gasteiger partial charge in [-0.15, -0.1) is 0 Å². The number of nitrogens with one attached hydrogen (secondary N) is 1. The summed E-state index contributed by atoms with van der Waals surface area (Å²) >= 11 is 5.60. The van der Waals surface area contributed by atoms with Gasteiger partial charge in [0.05, 0.1) is 21.4 Å². The highest BCUT2D eigenvalue weighted by Crippen LogP contribution is 2.22. The van der Waals surface area contributed by atoms with Gasteiger partial charge in [0.2, 0.25) is 5.91 Å². The number of amides is 1. The van der Waals surface area contributed by atoms with Crippen molar-refractivity contribution in [2.24, 2.45) is 0 Å². The molecule has 0 unspecified atom stereocenters. The number of halogens is 2. The Balaban J connectivity index is 2.00. The van der Waals surface area contributed by atoms with Crippen LogP contribution in [0.15, 0.2) is 53.4 Å². The number of benzene rings is 2. The third kappa shape index (κ3) is 4.05. The lowest BCUT2D eigenvalue weighted by molar-refractivity contribution is -0.115. The number of carbonyl (C=O) groups excluding carboxylic acids is 1. The summed E-state index contributed by atoms with van der Waals surface area (Å²) in [5.41, 5.74) is -0.0744. The second-order valence-corrected chi connectivity index (χ2v) is 7.05. The summed E-state index contributed by atoms with van der Waals surface area (Å²) < 4.78 is 37.7. The molecule has 7 heteroatoms. The molecular formula is C15H13ClFNO3S. The molecule has 2 rings (SSSR count). The second kappa shape index (κ2) is 6.89. The van der Waals surface area contributed by atoms with Crippen LogP contribution < -0.4 is 5.32 Å². The normalized spacial score (nSPS) is 11.2. The molecule has 1 N–H and O–H groups in total. The summed E-state index contributed by atoms with van der Waals surface area (Å²) in [5.74, 6) is -1.70. The van der Waals surface area contributed by atoms with Crippen molar-refractivity contribution in [1.82, 2.24) is 0 Å². The highest BCUT2D eigenvalue weighted by atomic mass is 35.5. The Hall–Kier alpha value is -1.92. The van der Waals surface area contributed by atoms with Gasteiger partial charge in [-0.3, -0.25) is 4.79 Å². The average molecular weight is 342 g/mol. The van der Waals surface area contributed by atoms with Crippen molar-refractivity contribution in [3.63, 3.8) is 0 Å². The molecule has 0 aromatic heterocycles. The molecule has 0 fully saturated rings. The maximum absolute atomic E-state index is 13.6. The van der Waals surface area contributed by atoms with Crippen molar-refractivity contribution in [3.8, 4) is 0 Å². The first-order valence-electron chi connectivity index (χ1n) is 6.42. The highest BCUT2D eigenvalue weighted by molar-refractivity contribution is 7.91. The number of sulfone groups is 1. The van der Waals surface area contributed by atoms with E-state index in [2.05, 4.69) is 5.32 Å². The number of hydrogen-bond donors (Lipinski definition) is 1. The first-order chi connectivity index (χ1) is 10.4. The minimum Gasteiger partial charge on any atom is -0.324 e. The van der Waals surface area contributed by atoms with E-state index < -0.39 is 21.6 Å². The lowest BCUT2D eigenvalue weighted by atomic mass is 10.3. The summed E-state index contributed by atoms with van der Waals surface area (Å²) in [7, 11) is -3.55. The van der Waals surface area contributed by atoms with Crippen LogP contribution in [0.4, 0.5) is 10.1 Å². The topological polar surface area (TPSA) is 63.2 Å². The summed E-state index contributed by atoms with van der Waals surface area (Å²) in [6.07, 6.45) is -0.275. The Morgan fingerprint density at radius 2 is 1.77 bits per heavy atom. The van der Waals surface area contributed by atoms with Crippen molar-refractivity contribution in [1.29, 1.82) is 0 Å². The summed E-state index contributed by atoms with van der Waals surface area (Å²) in [4.78, 5) is 11.9. The molecule has 4 nitrogen and oxygen atoms in total. The second-order valence-electron chi connectivity index (χ2n) is 4.53. The molecule has 116 valence electrons. The SMILES string of the molecule is O=C(CCS(=O)(=O)c1ccccc1)Nc1cccc(Cl)c1F. The molecule has 22 heavy (non-hydrogen) atoms. The molecule has 1 amide bonds. The van der Waals surface area contributed by atoms with Gasteiger partial charge in [0.15, 0.2) is 15.7 Å². The first-order valence-corrected chi connectivity index (χ1v) is 8.45. The quantitative estimate of drug-likeness (QED) is 0.907. The molecule has 0 heterocycles. The number of anilines is 1. The van der Waals surface area contributed by atoms with E-state index in [1.165, 1.54) is 30.3 Å². The Kier molecular flexibility index (Phi) is 5.15. The zero-order valence-electron chi connectivity index (χ0n) is 11.4. The Bertz CT molecular complexity index is 779. The van der Waals surface area contributed by atoms with Gasteiger partial charge in [-0.1, -0.05) is 35.9 Å². The molecular weight excluding hydrogens is 329 g/mol. The highest BCUT2D eigenvalue weighted by Gasteiger charge is 2.17. The molecule has 0 aliphatic carbocycles. The maximum Gasteiger partial charge on any atom is 0.225 e.